The first-order valence-corrected chi connectivity index (χ1v) is 9.55. The summed E-state index contributed by atoms with van der Waals surface area (Å²) in [5.74, 6) is 4.98. The van der Waals surface area contributed by atoms with Gasteiger partial charge in [0.1, 0.15) is 6.10 Å². The van der Waals surface area contributed by atoms with Crippen molar-refractivity contribution in [1.29, 1.82) is 0 Å². The molecule has 1 aliphatic rings. The smallest absolute Gasteiger partial charge is 0.335 e. The minimum atomic E-state index is -0.946. The highest BCUT2D eigenvalue weighted by atomic mass is 16.4. The van der Waals surface area contributed by atoms with Crippen LogP contribution in [0.5, 0.6) is 0 Å². The number of hydrogen-bond acceptors (Lipinski definition) is 4. The molecule has 0 radical (unpaired) electrons. The largest absolute Gasteiger partial charge is 0.478 e. The fourth-order valence-electron chi connectivity index (χ4n) is 3.03. The van der Waals surface area contributed by atoms with E-state index in [4.69, 9.17) is 5.11 Å². The van der Waals surface area contributed by atoms with Crippen LogP contribution in [0.3, 0.4) is 0 Å². The van der Waals surface area contributed by atoms with Gasteiger partial charge in [-0.25, -0.2) is 9.80 Å². The predicted molar refractivity (Wildman–Crippen MR) is 103 cm³/mol. The van der Waals surface area contributed by atoms with Gasteiger partial charge in [0.25, 0.3) is 0 Å². The van der Waals surface area contributed by atoms with Crippen molar-refractivity contribution in [1.82, 2.24) is 10.0 Å². The fraction of sp³-hybridized carbons (Fsp3) is 0.524. The highest BCUT2D eigenvalue weighted by Gasteiger charge is 2.27. The summed E-state index contributed by atoms with van der Waals surface area (Å²) in [4.78, 5) is 23.0. The second-order valence-corrected chi connectivity index (χ2v) is 6.74. The number of carbonyl (C=O) groups excluding carboxylic acids is 1. The molecule has 6 nitrogen and oxygen atoms in total. The van der Waals surface area contributed by atoms with Crippen molar-refractivity contribution in [2.45, 2.75) is 51.6 Å². The lowest BCUT2D eigenvalue weighted by atomic mass is 10.1. The molecule has 1 aromatic carbocycles. The Hall–Kier alpha value is -2.36. The summed E-state index contributed by atoms with van der Waals surface area (Å²) in [6, 6.07) is 6.71. The van der Waals surface area contributed by atoms with Crippen LogP contribution in [-0.4, -0.2) is 57.8 Å². The number of amides is 1. The molecule has 1 fully saturated rings. The van der Waals surface area contributed by atoms with Crippen LogP contribution in [0.15, 0.2) is 24.3 Å². The maximum absolute atomic E-state index is 12.1. The summed E-state index contributed by atoms with van der Waals surface area (Å²) >= 11 is 0. The minimum absolute atomic E-state index is 0.0717. The lowest BCUT2D eigenvalue weighted by Crippen LogP contribution is -2.40. The Morgan fingerprint density at radius 2 is 2.00 bits per heavy atom. The van der Waals surface area contributed by atoms with Gasteiger partial charge >= 0.3 is 5.97 Å². The zero-order chi connectivity index (χ0) is 19.6. The molecule has 0 bridgehead atoms. The Morgan fingerprint density at radius 3 is 2.67 bits per heavy atom. The molecule has 1 amide bonds. The average molecular weight is 372 g/mol. The third kappa shape index (κ3) is 6.70. The van der Waals surface area contributed by atoms with Crippen LogP contribution in [0, 0.1) is 11.8 Å². The molecule has 27 heavy (non-hydrogen) atoms. The number of hydrazine groups is 1. The van der Waals surface area contributed by atoms with Gasteiger partial charge in [-0.15, -0.1) is 0 Å². The maximum Gasteiger partial charge on any atom is 0.335 e. The van der Waals surface area contributed by atoms with Crippen molar-refractivity contribution in [2.24, 2.45) is 0 Å². The van der Waals surface area contributed by atoms with Crippen LogP contribution in [-0.2, 0) is 11.2 Å². The van der Waals surface area contributed by atoms with Crippen LogP contribution in [0.4, 0.5) is 0 Å². The summed E-state index contributed by atoms with van der Waals surface area (Å²) < 4.78 is 0. The summed E-state index contributed by atoms with van der Waals surface area (Å²) in [5, 5.41) is 22.4. The molecule has 2 N–H and O–H groups in total. The van der Waals surface area contributed by atoms with Crippen LogP contribution in [0.1, 0.15) is 54.9 Å². The lowest BCUT2D eigenvalue weighted by Gasteiger charge is -2.26. The number of aromatic carboxylic acids is 1. The monoisotopic (exact) mass is 372 g/mol. The normalized spacial score (nSPS) is 15.5. The number of nitrogens with zero attached hydrogens (tertiary/aromatic N) is 2. The van der Waals surface area contributed by atoms with Gasteiger partial charge in [0.05, 0.1) is 12.1 Å². The van der Waals surface area contributed by atoms with Crippen molar-refractivity contribution in [3.63, 3.8) is 0 Å². The van der Waals surface area contributed by atoms with Gasteiger partial charge in [0.15, 0.2) is 0 Å². The van der Waals surface area contributed by atoms with Crippen molar-refractivity contribution in [3.05, 3.63) is 35.4 Å². The quantitative estimate of drug-likeness (QED) is 0.514. The highest BCUT2D eigenvalue weighted by molar-refractivity contribution is 5.87. The third-order valence-electron chi connectivity index (χ3n) is 4.64. The minimum Gasteiger partial charge on any atom is -0.478 e. The van der Waals surface area contributed by atoms with E-state index in [0.717, 1.165) is 24.8 Å². The van der Waals surface area contributed by atoms with Gasteiger partial charge in [-0.05, 0) is 37.0 Å². The van der Waals surface area contributed by atoms with E-state index in [0.29, 0.717) is 38.9 Å². The topological polar surface area (TPSA) is 81.1 Å². The molecule has 0 aliphatic carbocycles. The number of rotatable bonds is 9. The van der Waals surface area contributed by atoms with Crippen LogP contribution in [0.25, 0.3) is 0 Å². The Bertz CT molecular complexity index is 690. The molecule has 146 valence electrons. The molecule has 0 spiro atoms. The number of carbonyl (C=O) groups is 2. The predicted octanol–water partition coefficient (Wildman–Crippen LogP) is 2.32. The van der Waals surface area contributed by atoms with E-state index in [2.05, 4.69) is 18.8 Å². The van der Waals surface area contributed by atoms with Crippen molar-refractivity contribution >= 4 is 11.9 Å². The fourth-order valence-corrected chi connectivity index (χ4v) is 3.03. The number of unbranched alkanes of at least 4 members (excludes halogenated alkanes) is 2. The first-order valence-electron chi connectivity index (χ1n) is 9.55. The second kappa shape index (κ2) is 10.7. The molecule has 2 rings (SSSR count). The van der Waals surface area contributed by atoms with E-state index in [1.807, 2.05) is 5.01 Å². The van der Waals surface area contributed by atoms with E-state index in [1.165, 1.54) is 0 Å². The van der Waals surface area contributed by atoms with E-state index >= 15 is 0 Å². The molecule has 1 unspecified atom stereocenters. The molecule has 1 atom stereocenters. The number of benzene rings is 1. The summed E-state index contributed by atoms with van der Waals surface area (Å²) in [5.41, 5.74) is 1.24. The van der Waals surface area contributed by atoms with E-state index in [9.17, 15) is 14.7 Å². The molecular weight excluding hydrogens is 344 g/mol. The number of aliphatic hydroxyl groups excluding tert-OH is 1. The molecular formula is C21H28N2O4. The number of hydrogen-bond donors (Lipinski definition) is 2. The third-order valence-corrected chi connectivity index (χ3v) is 4.64. The van der Waals surface area contributed by atoms with Gasteiger partial charge in [0.2, 0.25) is 5.91 Å². The van der Waals surface area contributed by atoms with E-state index in [1.54, 1.807) is 29.3 Å². The van der Waals surface area contributed by atoms with E-state index < -0.39 is 12.1 Å². The van der Waals surface area contributed by atoms with Crippen molar-refractivity contribution in [3.8, 4) is 11.8 Å². The first-order chi connectivity index (χ1) is 13.0. The Balaban J connectivity index is 1.84. The number of carboxylic acids is 1. The van der Waals surface area contributed by atoms with Crippen LogP contribution in [0.2, 0.25) is 0 Å². The highest BCUT2D eigenvalue weighted by Crippen LogP contribution is 2.14. The number of aliphatic hydroxyl groups is 1. The van der Waals surface area contributed by atoms with Gasteiger partial charge in [-0.3, -0.25) is 9.80 Å². The lowest BCUT2D eigenvalue weighted by molar-refractivity contribution is -0.137. The maximum atomic E-state index is 12.1. The van der Waals surface area contributed by atoms with Crippen LogP contribution < -0.4 is 0 Å². The molecule has 1 aliphatic heterocycles. The number of carboxylic acid groups (broad SMARTS) is 1. The molecule has 1 aromatic rings. The van der Waals surface area contributed by atoms with Gasteiger partial charge in [-0.1, -0.05) is 43.7 Å². The standard InChI is InChI=1S/C21H28N2O4/c1-2-3-4-6-19(24)7-5-14-22-15-13-20(25)23(22)16-12-17-8-10-18(11-9-17)21(26)27/h8-11,19,24H,2-4,6,12-16H2,1H3,(H,26,27). The zero-order valence-corrected chi connectivity index (χ0v) is 15.9. The Labute approximate surface area is 160 Å². The van der Waals surface area contributed by atoms with Crippen LogP contribution >= 0.6 is 0 Å². The summed E-state index contributed by atoms with van der Waals surface area (Å²) in [6.07, 6.45) is 4.39. The van der Waals surface area contributed by atoms with Crippen molar-refractivity contribution < 1.29 is 19.8 Å². The van der Waals surface area contributed by atoms with Gasteiger partial charge in [0, 0.05) is 19.5 Å². The second-order valence-electron chi connectivity index (χ2n) is 6.74. The average Bonchev–Trinajstić information content (AvgIpc) is 3.00. The Kier molecular flexibility index (Phi) is 8.31. The SMILES string of the molecule is CCCCCC(O)C#CCN1CCC(=O)N1CCc1ccc(C(=O)O)cc1. The molecule has 1 heterocycles. The summed E-state index contributed by atoms with van der Waals surface area (Å²) in [7, 11) is 0. The van der Waals surface area contributed by atoms with Gasteiger partial charge in [-0.2, -0.15) is 0 Å². The molecule has 0 aromatic heterocycles. The zero-order valence-electron chi connectivity index (χ0n) is 15.9. The molecule has 0 saturated carbocycles. The molecule has 6 heteroatoms. The van der Waals surface area contributed by atoms with Gasteiger partial charge < -0.3 is 10.2 Å². The molecule has 1 saturated heterocycles. The summed E-state index contributed by atoms with van der Waals surface area (Å²) in [6.45, 7) is 3.72. The Morgan fingerprint density at radius 1 is 1.26 bits per heavy atom. The first kappa shape index (κ1) is 20.9. The van der Waals surface area contributed by atoms with Crippen molar-refractivity contribution in [2.75, 3.05) is 19.6 Å². The van der Waals surface area contributed by atoms with E-state index in [-0.39, 0.29) is 11.5 Å².